The molecule has 0 amide bonds. The van der Waals surface area contributed by atoms with E-state index in [9.17, 15) is 4.79 Å². The molecule has 2 rings (SSSR count). The van der Waals surface area contributed by atoms with E-state index in [0.29, 0.717) is 17.3 Å². The fraction of sp³-hybridized carbons (Fsp3) is 0.286. The summed E-state index contributed by atoms with van der Waals surface area (Å²) in [5, 5.41) is 12.4. The zero-order valence-corrected chi connectivity index (χ0v) is 11.7. The topological polar surface area (TPSA) is 81.8 Å². The molecule has 0 unspecified atom stereocenters. The van der Waals surface area contributed by atoms with Gasteiger partial charge in [-0.05, 0) is 25.5 Å². The molecule has 0 bridgehead atoms. The first-order chi connectivity index (χ1) is 9.49. The molecule has 2 aromatic rings. The molecule has 1 aromatic heterocycles. The Balaban J connectivity index is 2.64. The highest BCUT2D eigenvalue weighted by atomic mass is 16.5. The minimum Gasteiger partial charge on any atom is -0.493 e. The van der Waals surface area contributed by atoms with Crippen molar-refractivity contribution in [3.63, 3.8) is 0 Å². The third-order valence-electron chi connectivity index (χ3n) is 3.08. The van der Waals surface area contributed by atoms with Crippen molar-refractivity contribution in [2.75, 3.05) is 14.2 Å². The number of aromatic nitrogens is 1. The van der Waals surface area contributed by atoms with Gasteiger partial charge in [-0.3, -0.25) is 0 Å². The molecule has 1 N–H and O–H groups in total. The van der Waals surface area contributed by atoms with Gasteiger partial charge in [0.05, 0.1) is 14.2 Å². The Hall–Kier alpha value is -2.50. The van der Waals surface area contributed by atoms with Crippen molar-refractivity contribution in [2.45, 2.75) is 13.8 Å². The Kier molecular flexibility index (Phi) is 3.65. The van der Waals surface area contributed by atoms with Gasteiger partial charge in [-0.1, -0.05) is 5.16 Å². The second-order valence-electron chi connectivity index (χ2n) is 4.31. The van der Waals surface area contributed by atoms with Crippen molar-refractivity contribution in [3.05, 3.63) is 29.0 Å². The molecular formula is C14H15NO5. The standard InChI is InChI=1S/C14H15NO5/c1-7-5-11(18-3)13(19-4)8(2)12(7)10-6-9(14(16)17)15-20-10/h5-6H,1-4H3,(H,16,17). The summed E-state index contributed by atoms with van der Waals surface area (Å²) in [6.07, 6.45) is 0. The highest BCUT2D eigenvalue weighted by Crippen LogP contribution is 2.40. The summed E-state index contributed by atoms with van der Waals surface area (Å²) in [4.78, 5) is 10.9. The molecule has 0 aliphatic rings. The van der Waals surface area contributed by atoms with Gasteiger partial charge >= 0.3 is 5.97 Å². The van der Waals surface area contributed by atoms with E-state index < -0.39 is 5.97 Å². The van der Waals surface area contributed by atoms with Crippen LogP contribution in [0.25, 0.3) is 11.3 Å². The largest absolute Gasteiger partial charge is 0.493 e. The highest BCUT2D eigenvalue weighted by Gasteiger charge is 2.20. The number of aryl methyl sites for hydroxylation is 1. The third-order valence-corrected chi connectivity index (χ3v) is 3.08. The van der Waals surface area contributed by atoms with Crippen molar-refractivity contribution in [2.24, 2.45) is 0 Å². The fourth-order valence-corrected chi connectivity index (χ4v) is 2.21. The number of aromatic carboxylic acids is 1. The van der Waals surface area contributed by atoms with Crippen LogP contribution >= 0.6 is 0 Å². The summed E-state index contributed by atoms with van der Waals surface area (Å²) in [6, 6.07) is 3.20. The monoisotopic (exact) mass is 277 g/mol. The Morgan fingerprint density at radius 3 is 2.45 bits per heavy atom. The second-order valence-corrected chi connectivity index (χ2v) is 4.31. The van der Waals surface area contributed by atoms with E-state index in [1.165, 1.54) is 6.07 Å². The third kappa shape index (κ3) is 2.20. The van der Waals surface area contributed by atoms with Crippen molar-refractivity contribution in [3.8, 4) is 22.8 Å². The Bertz CT molecular complexity index is 660. The number of carboxylic acids is 1. The maximum atomic E-state index is 10.9. The fourth-order valence-electron chi connectivity index (χ4n) is 2.21. The molecule has 0 aliphatic heterocycles. The lowest BCUT2D eigenvalue weighted by molar-refractivity contribution is 0.0686. The summed E-state index contributed by atoms with van der Waals surface area (Å²) in [6.45, 7) is 3.74. The van der Waals surface area contributed by atoms with Gasteiger partial charge in [0.25, 0.3) is 0 Å². The van der Waals surface area contributed by atoms with Crippen molar-refractivity contribution >= 4 is 5.97 Å². The molecule has 0 radical (unpaired) electrons. The van der Waals surface area contributed by atoms with Crippen molar-refractivity contribution in [1.82, 2.24) is 5.16 Å². The lowest BCUT2D eigenvalue weighted by atomic mass is 9.98. The molecule has 0 spiro atoms. The van der Waals surface area contributed by atoms with Crippen LogP contribution in [0.4, 0.5) is 0 Å². The van der Waals surface area contributed by atoms with Crippen LogP contribution in [0.15, 0.2) is 16.7 Å². The van der Waals surface area contributed by atoms with Crippen LogP contribution in [0.1, 0.15) is 21.6 Å². The summed E-state index contributed by atoms with van der Waals surface area (Å²) in [5.41, 5.74) is 2.31. The van der Waals surface area contributed by atoms with Gasteiger partial charge in [0.2, 0.25) is 0 Å². The number of hydrogen-bond acceptors (Lipinski definition) is 5. The van der Waals surface area contributed by atoms with Gasteiger partial charge in [-0.15, -0.1) is 0 Å². The number of hydrogen-bond donors (Lipinski definition) is 1. The second kappa shape index (κ2) is 5.24. The van der Waals surface area contributed by atoms with E-state index in [-0.39, 0.29) is 5.69 Å². The lowest BCUT2D eigenvalue weighted by Gasteiger charge is -2.15. The Morgan fingerprint density at radius 2 is 1.95 bits per heavy atom. The van der Waals surface area contributed by atoms with Crippen LogP contribution in [0.2, 0.25) is 0 Å². The number of carbonyl (C=O) groups is 1. The normalized spacial score (nSPS) is 10.4. The first-order valence-electron chi connectivity index (χ1n) is 5.92. The molecule has 1 heterocycles. The van der Waals surface area contributed by atoms with Crippen LogP contribution < -0.4 is 9.47 Å². The molecule has 1 aromatic carbocycles. The number of methoxy groups -OCH3 is 2. The summed E-state index contributed by atoms with van der Waals surface area (Å²) in [5.74, 6) is 0.458. The Morgan fingerprint density at radius 1 is 1.25 bits per heavy atom. The Labute approximate surface area is 115 Å². The van der Waals surface area contributed by atoms with Crippen molar-refractivity contribution in [1.29, 1.82) is 0 Å². The first kappa shape index (κ1) is 13.9. The highest BCUT2D eigenvalue weighted by molar-refractivity contribution is 5.87. The van der Waals surface area contributed by atoms with E-state index in [2.05, 4.69) is 5.16 Å². The number of benzene rings is 1. The van der Waals surface area contributed by atoms with Crippen LogP contribution in [-0.4, -0.2) is 30.5 Å². The van der Waals surface area contributed by atoms with E-state index in [0.717, 1.165) is 16.7 Å². The molecule has 0 aliphatic carbocycles. The average Bonchev–Trinajstić information content (AvgIpc) is 2.87. The zero-order chi connectivity index (χ0) is 14.9. The number of rotatable bonds is 4. The van der Waals surface area contributed by atoms with E-state index >= 15 is 0 Å². The summed E-state index contributed by atoms with van der Waals surface area (Å²) >= 11 is 0. The number of carboxylic acid groups (broad SMARTS) is 1. The number of nitrogens with zero attached hydrogens (tertiary/aromatic N) is 1. The molecule has 0 fully saturated rings. The summed E-state index contributed by atoms with van der Waals surface area (Å²) in [7, 11) is 3.11. The quantitative estimate of drug-likeness (QED) is 0.925. The van der Waals surface area contributed by atoms with Gasteiger partial charge in [-0.2, -0.15) is 0 Å². The van der Waals surface area contributed by atoms with Gasteiger partial charge in [0, 0.05) is 17.2 Å². The smallest absolute Gasteiger partial charge is 0.358 e. The molecule has 0 atom stereocenters. The van der Waals surface area contributed by atoms with Gasteiger partial charge in [-0.25, -0.2) is 4.79 Å². The molecule has 20 heavy (non-hydrogen) atoms. The predicted octanol–water partition coefficient (Wildman–Crippen LogP) is 2.67. The summed E-state index contributed by atoms with van der Waals surface area (Å²) < 4.78 is 15.7. The van der Waals surface area contributed by atoms with E-state index in [1.54, 1.807) is 14.2 Å². The van der Waals surface area contributed by atoms with Crippen LogP contribution in [-0.2, 0) is 0 Å². The van der Waals surface area contributed by atoms with E-state index in [4.69, 9.17) is 19.1 Å². The number of ether oxygens (including phenoxy) is 2. The average molecular weight is 277 g/mol. The van der Waals surface area contributed by atoms with Gasteiger partial charge in [0.15, 0.2) is 23.0 Å². The van der Waals surface area contributed by atoms with Crippen LogP contribution in [0.3, 0.4) is 0 Å². The first-order valence-corrected chi connectivity index (χ1v) is 5.92. The zero-order valence-electron chi connectivity index (χ0n) is 11.7. The minimum absolute atomic E-state index is 0.131. The molecule has 6 nitrogen and oxygen atoms in total. The van der Waals surface area contributed by atoms with Crippen molar-refractivity contribution < 1.29 is 23.9 Å². The molecular weight excluding hydrogens is 262 g/mol. The van der Waals surface area contributed by atoms with Crippen LogP contribution in [0, 0.1) is 13.8 Å². The molecule has 6 heteroatoms. The predicted molar refractivity (Wildman–Crippen MR) is 71.5 cm³/mol. The lowest BCUT2D eigenvalue weighted by Crippen LogP contribution is -1.97. The van der Waals surface area contributed by atoms with Gasteiger partial charge in [0.1, 0.15) is 0 Å². The molecule has 0 saturated heterocycles. The maximum absolute atomic E-state index is 10.9. The maximum Gasteiger partial charge on any atom is 0.358 e. The molecule has 0 saturated carbocycles. The van der Waals surface area contributed by atoms with Crippen LogP contribution in [0.5, 0.6) is 11.5 Å². The molecule has 106 valence electrons. The van der Waals surface area contributed by atoms with Gasteiger partial charge < -0.3 is 19.1 Å². The SMILES string of the molecule is COc1cc(C)c(-c2cc(C(=O)O)no2)c(C)c1OC. The van der Waals surface area contributed by atoms with E-state index in [1.807, 2.05) is 19.9 Å². The minimum atomic E-state index is -1.13.